The van der Waals surface area contributed by atoms with Gasteiger partial charge in [0.05, 0.1) is 0 Å². The molecule has 4 nitrogen and oxygen atoms in total. The summed E-state index contributed by atoms with van der Waals surface area (Å²) >= 11 is 4.23. The van der Waals surface area contributed by atoms with Crippen molar-refractivity contribution in [1.29, 1.82) is 0 Å². The van der Waals surface area contributed by atoms with E-state index in [1.54, 1.807) is 6.07 Å². The van der Waals surface area contributed by atoms with Crippen molar-refractivity contribution in [3.05, 3.63) is 23.8 Å². The molecule has 0 aliphatic carbocycles. The summed E-state index contributed by atoms with van der Waals surface area (Å²) in [5.74, 6) is 0.759. The van der Waals surface area contributed by atoms with Crippen LogP contribution >= 0.6 is 12.6 Å². The molecule has 0 aliphatic rings. The van der Waals surface area contributed by atoms with Crippen LogP contribution in [0.5, 0.6) is 11.5 Å². The molecular formula is C22H37NO3S. The molecule has 0 aromatic heterocycles. The van der Waals surface area contributed by atoms with Crippen molar-refractivity contribution >= 4 is 18.5 Å². The van der Waals surface area contributed by atoms with Crippen LogP contribution in [0.15, 0.2) is 18.2 Å². The van der Waals surface area contributed by atoms with Crippen molar-refractivity contribution in [3.8, 4) is 11.5 Å². The average Bonchev–Trinajstić information content (AvgIpc) is 2.66. The van der Waals surface area contributed by atoms with Crippen LogP contribution in [0.3, 0.4) is 0 Å². The molecule has 0 saturated heterocycles. The number of thiol groups is 1. The van der Waals surface area contributed by atoms with Crippen molar-refractivity contribution in [2.24, 2.45) is 0 Å². The summed E-state index contributed by atoms with van der Waals surface area (Å²) in [5.41, 5.74) is 0.778. The highest BCUT2D eigenvalue weighted by atomic mass is 32.1. The molecule has 1 aromatic rings. The third-order valence-electron chi connectivity index (χ3n) is 4.84. The summed E-state index contributed by atoms with van der Waals surface area (Å²) < 4.78 is 0. The van der Waals surface area contributed by atoms with Crippen LogP contribution in [0.4, 0.5) is 0 Å². The second-order valence-electron chi connectivity index (χ2n) is 7.32. The van der Waals surface area contributed by atoms with Gasteiger partial charge in [0.25, 0.3) is 0 Å². The predicted molar refractivity (Wildman–Crippen MR) is 115 cm³/mol. The predicted octanol–water partition coefficient (Wildman–Crippen LogP) is 5.72. The van der Waals surface area contributed by atoms with Gasteiger partial charge < -0.3 is 15.5 Å². The number of nitrogens with one attached hydrogen (secondary N) is 1. The van der Waals surface area contributed by atoms with Crippen LogP contribution < -0.4 is 5.32 Å². The van der Waals surface area contributed by atoms with Gasteiger partial charge >= 0.3 is 0 Å². The molecule has 154 valence electrons. The van der Waals surface area contributed by atoms with Crippen molar-refractivity contribution < 1.29 is 15.0 Å². The van der Waals surface area contributed by atoms with Gasteiger partial charge in [0.15, 0.2) is 11.5 Å². The highest BCUT2D eigenvalue weighted by Gasteiger charge is 2.04. The summed E-state index contributed by atoms with van der Waals surface area (Å²) in [5, 5.41) is 21.6. The van der Waals surface area contributed by atoms with Crippen molar-refractivity contribution in [2.45, 2.75) is 90.0 Å². The lowest BCUT2D eigenvalue weighted by Crippen LogP contribution is -2.22. The number of carbonyl (C=O) groups excluding carboxylic acids is 1. The molecule has 1 rings (SSSR count). The van der Waals surface area contributed by atoms with Crippen LogP contribution in [-0.2, 0) is 11.3 Å². The number of rotatable bonds is 16. The lowest BCUT2D eigenvalue weighted by atomic mass is 10.0. The average molecular weight is 396 g/mol. The van der Waals surface area contributed by atoms with Gasteiger partial charge in [-0.05, 0) is 36.3 Å². The molecule has 0 aliphatic heterocycles. The number of hydrogen-bond acceptors (Lipinski definition) is 4. The van der Waals surface area contributed by atoms with E-state index in [9.17, 15) is 15.0 Å². The Morgan fingerprint density at radius 3 is 1.81 bits per heavy atom. The Labute approximate surface area is 170 Å². The standard InChI is InChI=1S/C22H37NO3S/c24-20-15-14-19(17-21(20)25)18-23-22(26)13-11-9-7-5-3-1-2-4-6-8-10-12-16-27/h14-15,17,24-25,27H,1-13,16,18H2,(H,23,26). The number of phenolic OH excluding ortho intramolecular Hbond substituents is 2. The number of amides is 1. The Balaban J connectivity index is 1.89. The molecule has 0 fully saturated rings. The van der Waals surface area contributed by atoms with E-state index >= 15 is 0 Å². The highest BCUT2D eigenvalue weighted by molar-refractivity contribution is 7.80. The lowest BCUT2D eigenvalue weighted by molar-refractivity contribution is -0.121. The summed E-state index contributed by atoms with van der Waals surface area (Å²) in [6.07, 6.45) is 15.8. The highest BCUT2D eigenvalue weighted by Crippen LogP contribution is 2.24. The Bertz CT molecular complexity index is 522. The summed E-state index contributed by atoms with van der Waals surface area (Å²) in [6, 6.07) is 4.59. The van der Waals surface area contributed by atoms with Gasteiger partial charge in [0.1, 0.15) is 0 Å². The molecule has 1 amide bonds. The van der Waals surface area contributed by atoms with Crippen molar-refractivity contribution in [3.63, 3.8) is 0 Å². The number of unbranched alkanes of at least 4 members (excludes halogenated alkanes) is 11. The molecule has 0 atom stereocenters. The summed E-state index contributed by atoms with van der Waals surface area (Å²) in [6.45, 7) is 0.376. The molecule has 5 heteroatoms. The van der Waals surface area contributed by atoms with Crippen LogP contribution in [-0.4, -0.2) is 21.9 Å². The second-order valence-corrected chi connectivity index (χ2v) is 7.76. The molecule has 27 heavy (non-hydrogen) atoms. The second kappa shape index (κ2) is 15.7. The first-order valence-corrected chi connectivity index (χ1v) is 11.1. The van der Waals surface area contributed by atoms with E-state index in [0.29, 0.717) is 13.0 Å². The van der Waals surface area contributed by atoms with E-state index in [1.807, 2.05) is 0 Å². The normalized spacial score (nSPS) is 10.9. The SMILES string of the molecule is O=C(CCCCCCCCCCCCCCS)NCc1ccc(O)c(O)c1. The zero-order valence-electron chi connectivity index (χ0n) is 16.6. The number of carbonyl (C=O) groups is 1. The third kappa shape index (κ3) is 12.6. The van der Waals surface area contributed by atoms with Crippen LogP contribution in [0.25, 0.3) is 0 Å². The van der Waals surface area contributed by atoms with Gasteiger partial charge in [0.2, 0.25) is 5.91 Å². The zero-order chi connectivity index (χ0) is 19.7. The monoisotopic (exact) mass is 395 g/mol. The molecule has 0 saturated carbocycles. The van der Waals surface area contributed by atoms with E-state index in [0.717, 1.165) is 24.2 Å². The van der Waals surface area contributed by atoms with E-state index < -0.39 is 0 Å². The minimum absolute atomic E-state index is 0.0421. The van der Waals surface area contributed by atoms with Gasteiger partial charge in [-0.15, -0.1) is 0 Å². The fourth-order valence-electron chi connectivity index (χ4n) is 3.13. The first-order chi connectivity index (χ1) is 13.1. The molecule has 1 aromatic carbocycles. The molecule has 0 unspecified atom stereocenters. The van der Waals surface area contributed by atoms with Crippen LogP contribution in [0.1, 0.15) is 89.0 Å². The number of benzene rings is 1. The van der Waals surface area contributed by atoms with Crippen LogP contribution in [0, 0.1) is 0 Å². The van der Waals surface area contributed by atoms with Gasteiger partial charge in [-0.25, -0.2) is 0 Å². The molecule has 0 bridgehead atoms. The lowest BCUT2D eigenvalue weighted by Gasteiger charge is -2.07. The van der Waals surface area contributed by atoms with E-state index in [4.69, 9.17) is 0 Å². The number of hydrogen-bond donors (Lipinski definition) is 4. The first kappa shape index (κ1) is 23.7. The minimum Gasteiger partial charge on any atom is -0.504 e. The van der Waals surface area contributed by atoms with E-state index in [2.05, 4.69) is 17.9 Å². The van der Waals surface area contributed by atoms with Crippen molar-refractivity contribution in [2.75, 3.05) is 5.75 Å². The van der Waals surface area contributed by atoms with Gasteiger partial charge in [-0.1, -0.05) is 70.3 Å². The Morgan fingerprint density at radius 1 is 0.778 bits per heavy atom. The summed E-state index contributed by atoms with van der Waals surface area (Å²) in [7, 11) is 0. The van der Waals surface area contributed by atoms with Crippen molar-refractivity contribution in [1.82, 2.24) is 5.32 Å². The van der Waals surface area contributed by atoms with Gasteiger partial charge in [-0.2, -0.15) is 12.6 Å². The van der Waals surface area contributed by atoms with Gasteiger partial charge in [-0.3, -0.25) is 4.79 Å². The Kier molecular flexibility index (Phi) is 13.7. The Hall–Kier alpha value is -1.36. The van der Waals surface area contributed by atoms with Gasteiger partial charge in [0, 0.05) is 13.0 Å². The fraction of sp³-hybridized carbons (Fsp3) is 0.682. The smallest absolute Gasteiger partial charge is 0.220 e. The largest absolute Gasteiger partial charge is 0.504 e. The number of phenols is 2. The third-order valence-corrected chi connectivity index (χ3v) is 5.16. The minimum atomic E-state index is -0.157. The van der Waals surface area contributed by atoms with E-state index in [-0.39, 0.29) is 17.4 Å². The fourth-order valence-corrected chi connectivity index (χ4v) is 3.36. The quantitative estimate of drug-likeness (QED) is 0.164. The molecule has 3 N–H and O–H groups in total. The maximum Gasteiger partial charge on any atom is 0.220 e. The molecule has 0 radical (unpaired) electrons. The topological polar surface area (TPSA) is 69.6 Å². The van der Waals surface area contributed by atoms with E-state index in [1.165, 1.54) is 76.3 Å². The maximum absolute atomic E-state index is 11.8. The van der Waals surface area contributed by atoms with Crippen LogP contribution in [0.2, 0.25) is 0 Å². The first-order valence-electron chi connectivity index (χ1n) is 10.5. The molecular weight excluding hydrogens is 358 g/mol. The zero-order valence-corrected chi connectivity index (χ0v) is 17.5. The molecule has 0 spiro atoms. The summed E-state index contributed by atoms with van der Waals surface area (Å²) in [4.78, 5) is 11.8. The Morgan fingerprint density at radius 2 is 1.30 bits per heavy atom. The molecule has 0 heterocycles. The number of aromatic hydroxyl groups is 2. The maximum atomic E-state index is 11.8.